The Kier molecular flexibility index (Phi) is 41.1. The third-order valence-corrected chi connectivity index (χ3v) is 21.5. The third-order valence-electron chi connectivity index (χ3n) is 18.7. The zero-order chi connectivity index (χ0) is 77.7. The van der Waals surface area contributed by atoms with E-state index in [9.17, 15) is 24.0 Å². The minimum absolute atomic E-state index is 0.112. The average Bonchev–Trinajstić information content (AvgIpc) is 1.62. The van der Waals surface area contributed by atoms with Crippen LogP contribution in [0.3, 0.4) is 0 Å². The number of halogens is 2. The topological polar surface area (TPSA) is 164 Å². The molecule has 0 aliphatic heterocycles. The van der Waals surface area contributed by atoms with Crippen molar-refractivity contribution in [2.45, 2.75) is 155 Å². The molecule has 6 aromatic carbocycles. The van der Waals surface area contributed by atoms with E-state index in [4.69, 9.17) is 66.2 Å². The molecule has 0 saturated carbocycles. The van der Waals surface area contributed by atoms with E-state index in [0.717, 1.165) is 231 Å². The van der Waals surface area contributed by atoms with Crippen molar-refractivity contribution >= 4 is 123 Å². The Labute approximate surface area is 676 Å². The van der Waals surface area contributed by atoms with E-state index in [2.05, 4.69) is 51.5 Å². The number of Topliss-reactive ketones (excluding diaryl/α,β-unsaturated/α-hetero) is 2. The van der Waals surface area contributed by atoms with Crippen LogP contribution in [0.15, 0.2) is 133 Å². The van der Waals surface area contributed by atoms with Crippen LogP contribution in [0, 0.1) is 27.7 Å². The number of fused-ring (bicyclic) bond motifs is 2. The van der Waals surface area contributed by atoms with Crippen molar-refractivity contribution in [1.82, 2.24) is 23.8 Å². The number of carbonyl (C=O) groups is 5. The normalized spacial score (nSPS) is 11.4. The molecule has 107 heavy (non-hydrogen) atoms. The van der Waals surface area contributed by atoms with Gasteiger partial charge >= 0.3 is 28.5 Å². The fourth-order valence-corrected chi connectivity index (χ4v) is 15.3. The van der Waals surface area contributed by atoms with Gasteiger partial charge in [-0.25, -0.2) is 4.79 Å². The standard InChI is InChI=1S/C53H68ClN3O6S2.C32H43ClN3O2S2.O.Tc/c1-39-14-27-50-49(35-39)48(40(2)57(50)51(59)43-19-21-44(54)22-20-43)36-45(58)13-11-9-8-10-12-28-55(31-33-64-37-41-15-23-46(61-6)24-16-41)29-30-56(52(60)63-53(3,4)5)32-34-65-38-42-17-25-47(62-7)26-18-42;1-24-9-14-31-30(22-24)29(25(2)36(31)32(38)26-10-12-27(33)13-11-26)23-28(37)8-6-4-3-5-7-17-35(19-21-40)18-15-34-16-20-39;;/h14-27,35H,8-13,28-34,36-38H2,1-7H3;9-14,22,39-40H,3-8,15-21,23H2,1-2H3;;/q;-1;;+4/p-2. The van der Waals surface area contributed by atoms with Gasteiger partial charge in [0.2, 0.25) is 0 Å². The summed E-state index contributed by atoms with van der Waals surface area (Å²) in [6.07, 6.45) is 11.8. The molecular weight excluding hydrogens is 1550 g/mol. The van der Waals surface area contributed by atoms with E-state index in [1.54, 1.807) is 71.9 Å². The van der Waals surface area contributed by atoms with Gasteiger partial charge in [-0.1, -0.05) is 109 Å². The summed E-state index contributed by atoms with van der Waals surface area (Å²) in [6.45, 7) is 22.1. The van der Waals surface area contributed by atoms with Crippen molar-refractivity contribution in [2.75, 3.05) is 103 Å². The Morgan fingerprint density at radius 1 is 0.486 bits per heavy atom. The summed E-state index contributed by atoms with van der Waals surface area (Å²) in [6, 6.07) is 42.4. The Hall–Kier alpha value is -5.74. The molecule has 1 amide bonds. The van der Waals surface area contributed by atoms with Gasteiger partial charge in [-0.3, -0.25) is 28.3 Å². The molecule has 2 heterocycles. The predicted octanol–water partition coefficient (Wildman–Crippen LogP) is 19.2. The van der Waals surface area contributed by atoms with Crippen molar-refractivity contribution in [3.05, 3.63) is 205 Å². The molecule has 0 aliphatic carbocycles. The third kappa shape index (κ3) is 30.8. The summed E-state index contributed by atoms with van der Waals surface area (Å²) in [5.74, 6) is 6.88. The number of hydrogen-bond acceptors (Lipinski definition) is 15. The van der Waals surface area contributed by atoms with Gasteiger partial charge in [-0.05, 0) is 220 Å². The Bertz CT molecular complexity index is 4040. The summed E-state index contributed by atoms with van der Waals surface area (Å²) < 4.78 is 28.2. The molecule has 0 fully saturated rings. The number of amides is 1. The second-order valence-electron chi connectivity index (χ2n) is 28.0. The van der Waals surface area contributed by atoms with E-state index < -0.39 is 5.60 Å². The summed E-state index contributed by atoms with van der Waals surface area (Å²) in [7, 11) is 3.36. The first-order valence-electron chi connectivity index (χ1n) is 37.2. The van der Waals surface area contributed by atoms with Gasteiger partial charge < -0.3 is 59.5 Å². The molecule has 0 aliphatic rings. The number of ether oxygens (including phenoxy) is 3. The number of unbranched alkanes of at least 4 members (excludes halogenated alkanes) is 8. The van der Waals surface area contributed by atoms with Crippen LogP contribution < -0.4 is 9.47 Å². The van der Waals surface area contributed by atoms with Gasteiger partial charge in [-0.2, -0.15) is 41.6 Å². The number of nitrogens with zero attached hydrogens (tertiary/aromatic N) is 6. The van der Waals surface area contributed by atoms with Crippen LogP contribution in [0.2, 0.25) is 10.0 Å². The fraction of sp³-hybridized carbons (Fsp3) is 0.471. The Morgan fingerprint density at radius 3 is 1.33 bits per heavy atom. The summed E-state index contributed by atoms with van der Waals surface area (Å²) in [5.41, 5.74) is 10.4. The summed E-state index contributed by atoms with van der Waals surface area (Å²) >= 11 is 26.9. The second kappa shape index (κ2) is 48.8. The number of aromatic nitrogens is 2. The Balaban J connectivity index is 0.000000365. The van der Waals surface area contributed by atoms with Crippen LogP contribution in [0.1, 0.15) is 163 Å². The first-order valence-corrected chi connectivity index (χ1v) is 42.2. The molecule has 15 nitrogen and oxygen atoms in total. The van der Waals surface area contributed by atoms with Gasteiger partial charge in [0.05, 0.1) is 25.3 Å². The van der Waals surface area contributed by atoms with Crippen molar-refractivity contribution in [2.24, 2.45) is 0 Å². The van der Waals surface area contributed by atoms with Crippen molar-refractivity contribution in [3.8, 4) is 11.5 Å². The van der Waals surface area contributed by atoms with E-state index in [1.165, 1.54) is 11.1 Å². The molecule has 0 atom stereocenters. The van der Waals surface area contributed by atoms with E-state index in [0.29, 0.717) is 65.7 Å². The molecule has 0 radical (unpaired) electrons. The van der Waals surface area contributed by atoms with Crippen LogP contribution in [-0.4, -0.2) is 162 Å². The van der Waals surface area contributed by atoms with Crippen LogP contribution in [-0.2, 0) is 86.3 Å². The van der Waals surface area contributed by atoms with Gasteiger partial charge in [-0.15, -0.1) is 6.54 Å². The first kappa shape index (κ1) is 90.1. The van der Waals surface area contributed by atoms with E-state index in [1.807, 2.05) is 125 Å². The average molecular weight is 1660 g/mol. The molecule has 22 heteroatoms. The minimum atomic E-state index is -0.578. The predicted molar refractivity (Wildman–Crippen MR) is 445 cm³/mol. The summed E-state index contributed by atoms with van der Waals surface area (Å²) in [5, 5.41) is 7.55. The summed E-state index contributed by atoms with van der Waals surface area (Å²) in [4.78, 5) is 73.9. The SMILES string of the molecule is COc1ccc(CSCCN(CCCCCCCC(=O)Cc2c(C)n(C(=O)c3ccc(Cl)cc3)c3ccc(C)cc23)CCN(CCSCc2ccc(OC)cc2)C(=O)OC(C)(C)C)cc1.Cc1ccc2c(c1)c(CC(=O)CCCCCCCN(CC[S-])CC[N-]CC[S-])c(C)n2C(=O)c1ccc(Cl)cc1.[O]=[Tc+4]. The molecule has 0 N–H and O–H groups in total. The van der Waals surface area contributed by atoms with Crippen LogP contribution in [0.5, 0.6) is 11.5 Å². The van der Waals surface area contributed by atoms with Gasteiger partial charge in [0.15, 0.2) is 0 Å². The maximum atomic E-state index is 13.7. The fourth-order valence-electron chi connectivity index (χ4n) is 12.8. The number of methoxy groups -OCH3 is 2. The van der Waals surface area contributed by atoms with Crippen molar-refractivity contribution in [1.29, 1.82) is 0 Å². The van der Waals surface area contributed by atoms with Gasteiger partial charge in [0, 0.05) is 118 Å². The molecule has 8 aromatic rings. The zero-order valence-corrected chi connectivity index (χ0v) is 70.7. The molecule has 0 saturated heterocycles. The number of aryl methyl sites for hydroxylation is 2. The second-order valence-corrected chi connectivity index (χ2v) is 31.9. The van der Waals surface area contributed by atoms with Crippen LogP contribution in [0.4, 0.5) is 4.79 Å². The molecule has 0 unspecified atom stereocenters. The first-order chi connectivity index (χ1) is 51.6. The number of rotatable bonds is 44. The van der Waals surface area contributed by atoms with Gasteiger partial charge in [0.25, 0.3) is 11.8 Å². The Morgan fingerprint density at radius 2 is 0.907 bits per heavy atom. The molecule has 577 valence electrons. The molecular formula is C85H109Cl2N6O9S4Tc+. The number of hydrogen-bond donors (Lipinski definition) is 0. The number of thioether (sulfide) groups is 2. The number of ketones is 2. The van der Waals surface area contributed by atoms with Crippen molar-refractivity contribution < 1.29 is 60.5 Å². The molecule has 2 aromatic heterocycles. The molecule has 0 bridgehead atoms. The van der Waals surface area contributed by atoms with E-state index >= 15 is 0 Å². The molecule has 0 spiro atoms. The number of carbonyl (C=O) groups excluding carboxylic acids is 5. The van der Waals surface area contributed by atoms with Crippen LogP contribution in [0.25, 0.3) is 27.1 Å². The maximum absolute atomic E-state index is 13.7. The van der Waals surface area contributed by atoms with E-state index in [-0.39, 0.29) is 29.5 Å². The quantitative estimate of drug-likeness (QED) is 0.0261. The van der Waals surface area contributed by atoms with Gasteiger partial charge in [0.1, 0.15) is 28.7 Å². The monoisotopic (exact) mass is 1650 g/mol. The van der Waals surface area contributed by atoms with Crippen molar-refractivity contribution in [3.63, 3.8) is 0 Å². The van der Waals surface area contributed by atoms with Crippen LogP contribution >= 0.6 is 46.7 Å². The number of benzene rings is 6. The zero-order valence-electron chi connectivity index (χ0n) is 64.0. The molecule has 8 rings (SSSR count).